The van der Waals surface area contributed by atoms with E-state index in [0.29, 0.717) is 24.3 Å². The molecule has 26 heavy (non-hydrogen) atoms. The minimum atomic E-state index is -0.365. The number of carbonyl (C=O) groups is 2. The lowest BCUT2D eigenvalue weighted by Crippen LogP contribution is -2.31. The number of rotatable bonds is 6. The molecule has 0 aliphatic carbocycles. The lowest BCUT2D eigenvalue weighted by molar-refractivity contribution is -0.115. The molecule has 1 heterocycles. The van der Waals surface area contributed by atoms with Crippen LogP contribution < -0.4 is 9.80 Å². The van der Waals surface area contributed by atoms with Gasteiger partial charge in [-0.2, -0.15) is 0 Å². The van der Waals surface area contributed by atoms with Gasteiger partial charge in [-0.15, -0.1) is 0 Å². The fourth-order valence-corrected chi connectivity index (χ4v) is 2.82. The molecule has 1 aromatic carbocycles. The van der Waals surface area contributed by atoms with Crippen LogP contribution in [0.4, 0.5) is 11.4 Å². The van der Waals surface area contributed by atoms with E-state index in [-0.39, 0.29) is 27.8 Å². The summed E-state index contributed by atoms with van der Waals surface area (Å²) in [5, 5.41) is 11.0. The Morgan fingerprint density at radius 3 is 2.50 bits per heavy atom. The number of hydrogen-bond donors (Lipinski definition) is 1. The van der Waals surface area contributed by atoms with Gasteiger partial charge in [0.2, 0.25) is 6.41 Å². The second kappa shape index (κ2) is 8.49. The quantitative estimate of drug-likeness (QED) is 0.476. The summed E-state index contributed by atoms with van der Waals surface area (Å²) in [6, 6.07) is 8.33. The van der Waals surface area contributed by atoms with Gasteiger partial charge in [-0.05, 0) is 38.1 Å². The molecular weight excluding hydrogens is 354 g/mol. The fraction of sp³-hybridized carbons (Fsp3) is 0.211. The highest BCUT2D eigenvalue weighted by Crippen LogP contribution is 2.33. The third kappa shape index (κ3) is 3.86. The van der Waals surface area contributed by atoms with Crippen molar-refractivity contribution in [1.82, 2.24) is 4.98 Å². The lowest BCUT2D eigenvalue weighted by Gasteiger charge is -2.23. The Morgan fingerprint density at radius 1 is 1.27 bits per heavy atom. The van der Waals surface area contributed by atoms with E-state index in [9.17, 15) is 14.7 Å². The highest BCUT2D eigenvalue weighted by molar-refractivity contribution is 6.33. The van der Waals surface area contributed by atoms with Crippen molar-refractivity contribution in [3.63, 3.8) is 0 Å². The third-order valence-electron chi connectivity index (χ3n) is 3.98. The van der Waals surface area contributed by atoms with E-state index in [0.717, 1.165) is 0 Å². The predicted octanol–water partition coefficient (Wildman–Crippen LogP) is 3.67. The number of aliphatic hydroxyl groups excluding tert-OH is 1. The van der Waals surface area contributed by atoms with E-state index in [1.807, 2.05) is 6.92 Å². The molecule has 0 saturated carbocycles. The van der Waals surface area contributed by atoms with Crippen LogP contribution in [0, 0.1) is 0 Å². The van der Waals surface area contributed by atoms with E-state index in [1.165, 1.54) is 16.7 Å². The number of aliphatic hydroxyl groups is 1. The maximum atomic E-state index is 12.9. The molecule has 0 spiro atoms. The van der Waals surface area contributed by atoms with Crippen molar-refractivity contribution in [3.8, 4) is 0 Å². The Kier molecular flexibility index (Phi) is 6.36. The van der Waals surface area contributed by atoms with Gasteiger partial charge in [-0.3, -0.25) is 14.6 Å². The van der Waals surface area contributed by atoms with Gasteiger partial charge in [0.05, 0.1) is 21.8 Å². The molecular formula is C19H20ClN3O3. The Bertz CT molecular complexity index is 837. The Labute approximate surface area is 157 Å². The monoisotopic (exact) mass is 373 g/mol. The normalized spacial score (nSPS) is 11.5. The van der Waals surface area contributed by atoms with Crippen LogP contribution in [0.1, 0.15) is 19.4 Å². The van der Waals surface area contributed by atoms with Crippen LogP contribution in [0.25, 0.3) is 5.76 Å². The van der Waals surface area contributed by atoms with E-state index in [2.05, 4.69) is 4.98 Å². The molecule has 1 aromatic heterocycles. The molecule has 1 N–H and O–H groups in total. The summed E-state index contributed by atoms with van der Waals surface area (Å²) >= 11 is 6.23. The summed E-state index contributed by atoms with van der Waals surface area (Å²) in [6.45, 7) is 3.77. The van der Waals surface area contributed by atoms with Crippen molar-refractivity contribution in [2.45, 2.75) is 13.8 Å². The van der Waals surface area contributed by atoms with Crippen LogP contribution in [0.15, 0.2) is 48.3 Å². The minimum absolute atomic E-state index is 0.123. The second-order valence-corrected chi connectivity index (χ2v) is 5.99. The molecule has 0 fully saturated rings. The first kappa shape index (κ1) is 19.5. The summed E-state index contributed by atoms with van der Waals surface area (Å²) in [5.74, 6) is -0.632. The molecule has 2 aromatic rings. The predicted molar refractivity (Wildman–Crippen MR) is 103 cm³/mol. The van der Waals surface area contributed by atoms with Crippen molar-refractivity contribution in [2.24, 2.45) is 0 Å². The van der Waals surface area contributed by atoms with Gasteiger partial charge in [-0.1, -0.05) is 17.7 Å². The maximum absolute atomic E-state index is 12.9. The first-order chi connectivity index (χ1) is 12.4. The van der Waals surface area contributed by atoms with Crippen LogP contribution in [0.2, 0.25) is 5.02 Å². The number of benzene rings is 1. The standard InChI is InChI=1S/C19H20ClN3O3/c1-4-23(14-8-10-21-11-9-14)19(26)13(2)18(25)17-15(20)6-5-7-16(17)22(3)12-24/h5-12,25H,4H2,1-3H3/b18-13-. The van der Waals surface area contributed by atoms with Gasteiger partial charge >= 0.3 is 0 Å². The Morgan fingerprint density at radius 2 is 1.92 bits per heavy atom. The number of amides is 2. The van der Waals surface area contributed by atoms with Gasteiger partial charge in [0, 0.05) is 31.7 Å². The van der Waals surface area contributed by atoms with Crippen molar-refractivity contribution < 1.29 is 14.7 Å². The summed E-state index contributed by atoms with van der Waals surface area (Å²) in [4.78, 5) is 30.8. The largest absolute Gasteiger partial charge is 0.507 e. The highest BCUT2D eigenvalue weighted by atomic mass is 35.5. The van der Waals surface area contributed by atoms with Gasteiger partial charge in [0.1, 0.15) is 5.76 Å². The van der Waals surface area contributed by atoms with Crippen LogP contribution in [-0.4, -0.2) is 36.0 Å². The van der Waals surface area contributed by atoms with E-state index in [4.69, 9.17) is 11.6 Å². The van der Waals surface area contributed by atoms with Crippen molar-refractivity contribution in [3.05, 3.63) is 58.9 Å². The number of pyridine rings is 1. The van der Waals surface area contributed by atoms with Crippen LogP contribution in [-0.2, 0) is 9.59 Å². The number of anilines is 2. The molecule has 136 valence electrons. The minimum Gasteiger partial charge on any atom is -0.507 e. The number of aromatic nitrogens is 1. The molecule has 0 atom stereocenters. The molecule has 0 aliphatic rings. The average molecular weight is 374 g/mol. The Hall–Kier alpha value is -2.86. The zero-order valence-corrected chi connectivity index (χ0v) is 15.6. The molecule has 2 rings (SSSR count). The lowest BCUT2D eigenvalue weighted by atomic mass is 10.1. The van der Waals surface area contributed by atoms with Gasteiger partial charge in [0.25, 0.3) is 5.91 Å². The van der Waals surface area contributed by atoms with Gasteiger partial charge in [0.15, 0.2) is 0 Å². The average Bonchev–Trinajstić information content (AvgIpc) is 2.67. The number of halogens is 1. The smallest absolute Gasteiger partial charge is 0.257 e. The summed E-state index contributed by atoms with van der Waals surface area (Å²) in [6.07, 6.45) is 3.79. The topological polar surface area (TPSA) is 73.7 Å². The number of carbonyl (C=O) groups excluding carboxylic acids is 2. The SMILES string of the molecule is CCN(C(=O)/C(C)=C(\O)c1c(Cl)cccc1N(C)C=O)c1ccncc1. The molecule has 2 amide bonds. The first-order valence-electron chi connectivity index (χ1n) is 8.01. The van der Waals surface area contributed by atoms with Crippen molar-refractivity contribution >= 4 is 41.1 Å². The van der Waals surface area contributed by atoms with E-state index >= 15 is 0 Å². The Balaban J connectivity index is 2.53. The maximum Gasteiger partial charge on any atom is 0.257 e. The van der Waals surface area contributed by atoms with Gasteiger partial charge < -0.3 is 14.9 Å². The van der Waals surface area contributed by atoms with Crippen LogP contribution >= 0.6 is 11.6 Å². The number of likely N-dealkylation sites (N-methyl/N-ethyl adjacent to an activating group) is 1. The summed E-state index contributed by atoms with van der Waals surface area (Å²) in [7, 11) is 1.54. The molecule has 7 heteroatoms. The molecule has 6 nitrogen and oxygen atoms in total. The number of nitrogens with zero attached hydrogens (tertiary/aromatic N) is 3. The van der Waals surface area contributed by atoms with Crippen LogP contribution in [0.5, 0.6) is 0 Å². The fourth-order valence-electron chi connectivity index (χ4n) is 2.56. The molecule has 0 aliphatic heterocycles. The zero-order valence-electron chi connectivity index (χ0n) is 14.8. The third-order valence-corrected chi connectivity index (χ3v) is 4.29. The van der Waals surface area contributed by atoms with Crippen LogP contribution in [0.3, 0.4) is 0 Å². The highest BCUT2D eigenvalue weighted by Gasteiger charge is 2.23. The number of hydrogen-bond acceptors (Lipinski definition) is 4. The van der Waals surface area contributed by atoms with Crippen molar-refractivity contribution in [1.29, 1.82) is 0 Å². The summed E-state index contributed by atoms with van der Waals surface area (Å²) in [5.41, 5.74) is 1.44. The van der Waals surface area contributed by atoms with Crippen molar-refractivity contribution in [2.75, 3.05) is 23.4 Å². The molecule has 0 bridgehead atoms. The second-order valence-electron chi connectivity index (χ2n) is 5.58. The molecule has 0 unspecified atom stereocenters. The molecule has 0 radical (unpaired) electrons. The van der Waals surface area contributed by atoms with E-state index in [1.54, 1.807) is 49.8 Å². The molecule has 0 saturated heterocycles. The van der Waals surface area contributed by atoms with E-state index < -0.39 is 0 Å². The first-order valence-corrected chi connectivity index (χ1v) is 8.38. The zero-order chi connectivity index (χ0) is 19.3. The van der Waals surface area contributed by atoms with Gasteiger partial charge in [-0.25, -0.2) is 0 Å². The summed E-state index contributed by atoms with van der Waals surface area (Å²) < 4.78 is 0.